The van der Waals surface area contributed by atoms with Crippen molar-refractivity contribution < 1.29 is 4.79 Å². The summed E-state index contributed by atoms with van der Waals surface area (Å²) in [6.07, 6.45) is 5.09. The number of nitrogens with one attached hydrogen (secondary N) is 1. The van der Waals surface area contributed by atoms with Crippen LogP contribution in [0.15, 0.2) is 46.8 Å². The second-order valence-corrected chi connectivity index (χ2v) is 9.32. The number of rotatable bonds is 7. The van der Waals surface area contributed by atoms with Crippen molar-refractivity contribution in [2.75, 3.05) is 5.75 Å². The van der Waals surface area contributed by atoms with Crippen molar-refractivity contribution in [2.24, 2.45) is 11.8 Å². The highest BCUT2D eigenvalue weighted by Crippen LogP contribution is 2.44. The number of benzene rings is 1. The monoisotopic (exact) mass is 395 g/mol. The molecule has 6 heteroatoms. The van der Waals surface area contributed by atoms with E-state index in [1.807, 2.05) is 41.8 Å². The minimum Gasteiger partial charge on any atom is -0.352 e. The molecule has 2 aromatic heterocycles. The lowest BCUT2D eigenvalue weighted by Crippen LogP contribution is -2.39. The van der Waals surface area contributed by atoms with Gasteiger partial charge in [0.1, 0.15) is 5.03 Å². The van der Waals surface area contributed by atoms with Crippen LogP contribution in [0.4, 0.5) is 0 Å². The van der Waals surface area contributed by atoms with Gasteiger partial charge in [0.2, 0.25) is 5.91 Å². The number of carbonyl (C=O) groups is 1. The molecule has 0 unspecified atom stereocenters. The van der Waals surface area contributed by atoms with Gasteiger partial charge < -0.3 is 5.32 Å². The molecule has 138 valence electrons. The standard InChI is InChI=1S/C21H21N3OS2/c25-18(23-19(13-7-8-13)14-9-10-14)12-27-21-15-4-1-2-5-16(15)22-20(24-21)17-6-3-11-26-17/h1-6,11,13-14,19H,7-10,12H2,(H,23,25). The van der Waals surface area contributed by atoms with Crippen LogP contribution in [-0.2, 0) is 4.79 Å². The zero-order valence-electron chi connectivity index (χ0n) is 14.9. The Morgan fingerprint density at radius 3 is 2.59 bits per heavy atom. The largest absolute Gasteiger partial charge is 0.352 e. The first kappa shape index (κ1) is 17.2. The number of nitrogens with zero attached hydrogens (tertiary/aromatic N) is 2. The molecule has 0 radical (unpaired) electrons. The van der Waals surface area contributed by atoms with Crippen molar-refractivity contribution in [3.8, 4) is 10.7 Å². The van der Waals surface area contributed by atoms with Gasteiger partial charge in [-0.1, -0.05) is 36.0 Å². The van der Waals surface area contributed by atoms with Crippen molar-refractivity contribution in [3.05, 3.63) is 41.8 Å². The van der Waals surface area contributed by atoms with Gasteiger partial charge in [0.05, 0.1) is 16.1 Å². The SMILES string of the molecule is O=C(CSc1nc(-c2cccs2)nc2ccccc12)NC(C1CC1)C1CC1. The molecular weight excluding hydrogens is 374 g/mol. The average Bonchev–Trinajstić information content (AvgIpc) is 3.63. The van der Waals surface area contributed by atoms with E-state index in [0.29, 0.717) is 11.8 Å². The van der Waals surface area contributed by atoms with Crippen LogP contribution in [-0.4, -0.2) is 27.7 Å². The second-order valence-electron chi connectivity index (χ2n) is 7.40. The van der Waals surface area contributed by atoms with Crippen LogP contribution >= 0.6 is 23.1 Å². The maximum atomic E-state index is 12.6. The smallest absolute Gasteiger partial charge is 0.230 e. The molecule has 27 heavy (non-hydrogen) atoms. The fourth-order valence-electron chi connectivity index (χ4n) is 3.57. The Morgan fingerprint density at radius 1 is 1.11 bits per heavy atom. The van der Waals surface area contributed by atoms with Crippen molar-refractivity contribution in [2.45, 2.75) is 36.8 Å². The first-order valence-corrected chi connectivity index (χ1v) is 11.4. The molecule has 0 spiro atoms. The number of hydrogen-bond donors (Lipinski definition) is 1. The van der Waals surface area contributed by atoms with Crippen LogP contribution in [0.25, 0.3) is 21.6 Å². The van der Waals surface area contributed by atoms with E-state index in [4.69, 9.17) is 9.97 Å². The molecule has 2 fully saturated rings. The lowest BCUT2D eigenvalue weighted by atomic mass is 10.1. The zero-order valence-corrected chi connectivity index (χ0v) is 16.6. The molecule has 1 aromatic carbocycles. The maximum Gasteiger partial charge on any atom is 0.230 e. The van der Waals surface area contributed by atoms with Crippen molar-refractivity contribution in [1.82, 2.24) is 15.3 Å². The van der Waals surface area contributed by atoms with Gasteiger partial charge in [0.15, 0.2) is 5.82 Å². The normalized spacial score (nSPS) is 16.8. The van der Waals surface area contributed by atoms with Gasteiger partial charge in [-0.15, -0.1) is 11.3 Å². The molecule has 1 amide bonds. The first-order chi connectivity index (χ1) is 13.3. The quantitative estimate of drug-likeness (QED) is 0.463. The molecule has 2 aliphatic rings. The van der Waals surface area contributed by atoms with Gasteiger partial charge in [-0.05, 0) is 55.0 Å². The molecule has 2 heterocycles. The van der Waals surface area contributed by atoms with Crippen LogP contribution in [0, 0.1) is 11.8 Å². The van der Waals surface area contributed by atoms with Gasteiger partial charge in [-0.25, -0.2) is 9.97 Å². The van der Waals surface area contributed by atoms with Crippen molar-refractivity contribution >= 4 is 39.9 Å². The van der Waals surface area contributed by atoms with Crippen molar-refractivity contribution in [3.63, 3.8) is 0 Å². The lowest BCUT2D eigenvalue weighted by molar-refractivity contribution is -0.119. The van der Waals surface area contributed by atoms with Crippen LogP contribution in [0.3, 0.4) is 0 Å². The molecule has 2 aliphatic carbocycles. The minimum atomic E-state index is 0.129. The number of thioether (sulfide) groups is 1. The van der Waals surface area contributed by atoms with E-state index >= 15 is 0 Å². The summed E-state index contributed by atoms with van der Waals surface area (Å²) in [6, 6.07) is 12.5. The Hall–Kier alpha value is -1.92. The molecule has 0 bridgehead atoms. The molecule has 5 rings (SSSR count). The fraction of sp³-hybridized carbons (Fsp3) is 0.381. The number of fused-ring (bicyclic) bond motifs is 1. The Kier molecular flexibility index (Phi) is 4.61. The van der Waals surface area contributed by atoms with Crippen LogP contribution in [0.2, 0.25) is 0 Å². The van der Waals surface area contributed by atoms with Gasteiger partial charge in [-0.3, -0.25) is 4.79 Å². The predicted octanol–water partition coefficient (Wildman–Crippen LogP) is 4.76. The van der Waals surface area contributed by atoms with Gasteiger partial charge in [0.25, 0.3) is 0 Å². The minimum absolute atomic E-state index is 0.129. The Balaban J connectivity index is 1.35. The predicted molar refractivity (Wildman–Crippen MR) is 111 cm³/mol. The van der Waals surface area contributed by atoms with Crippen molar-refractivity contribution in [1.29, 1.82) is 0 Å². The third kappa shape index (κ3) is 3.87. The third-order valence-electron chi connectivity index (χ3n) is 5.24. The fourth-order valence-corrected chi connectivity index (χ4v) is 5.05. The number of amides is 1. The van der Waals surface area contributed by atoms with E-state index < -0.39 is 0 Å². The lowest BCUT2D eigenvalue weighted by Gasteiger charge is -2.17. The molecule has 1 N–H and O–H groups in total. The first-order valence-electron chi connectivity index (χ1n) is 9.51. The highest BCUT2D eigenvalue weighted by atomic mass is 32.2. The topological polar surface area (TPSA) is 54.9 Å². The van der Waals surface area contributed by atoms with E-state index in [9.17, 15) is 4.79 Å². The van der Waals surface area contributed by atoms with Crippen LogP contribution in [0.5, 0.6) is 0 Å². The summed E-state index contributed by atoms with van der Waals surface area (Å²) < 4.78 is 0. The molecule has 0 atom stereocenters. The zero-order chi connectivity index (χ0) is 18.2. The summed E-state index contributed by atoms with van der Waals surface area (Å²) in [6.45, 7) is 0. The van der Waals surface area contributed by atoms with Crippen LogP contribution in [0.1, 0.15) is 25.7 Å². The number of aromatic nitrogens is 2. The van der Waals surface area contributed by atoms with E-state index in [0.717, 1.165) is 38.5 Å². The summed E-state index contributed by atoms with van der Waals surface area (Å²) in [7, 11) is 0. The molecule has 3 aromatic rings. The summed E-state index contributed by atoms with van der Waals surface area (Å²) >= 11 is 3.15. The number of thiophene rings is 1. The highest BCUT2D eigenvalue weighted by Gasteiger charge is 2.42. The number of hydrogen-bond acceptors (Lipinski definition) is 5. The number of carbonyl (C=O) groups excluding carboxylic acids is 1. The van der Waals surface area contributed by atoms with E-state index in [2.05, 4.69) is 5.32 Å². The second kappa shape index (κ2) is 7.24. The average molecular weight is 396 g/mol. The summed E-state index contributed by atoms with van der Waals surface area (Å²) in [5.41, 5.74) is 0.924. The molecule has 0 aliphatic heterocycles. The molecule has 0 saturated heterocycles. The summed E-state index contributed by atoms with van der Waals surface area (Å²) in [4.78, 5) is 23.1. The van der Waals surface area contributed by atoms with E-state index in [1.165, 1.54) is 37.4 Å². The van der Waals surface area contributed by atoms with Gasteiger partial charge in [0, 0.05) is 11.4 Å². The van der Waals surface area contributed by atoms with E-state index in [1.54, 1.807) is 11.3 Å². The Morgan fingerprint density at radius 2 is 1.89 bits per heavy atom. The van der Waals surface area contributed by atoms with E-state index in [-0.39, 0.29) is 5.91 Å². The Bertz CT molecular complexity index is 953. The molecule has 2 saturated carbocycles. The number of para-hydroxylation sites is 1. The third-order valence-corrected chi connectivity index (χ3v) is 7.09. The summed E-state index contributed by atoms with van der Waals surface area (Å²) in [5.74, 6) is 2.71. The summed E-state index contributed by atoms with van der Waals surface area (Å²) in [5, 5.41) is 7.23. The van der Waals surface area contributed by atoms with Gasteiger partial charge in [-0.2, -0.15) is 0 Å². The Labute approximate surface area is 166 Å². The molecule has 4 nitrogen and oxygen atoms in total. The molecular formula is C21H21N3OS2. The van der Waals surface area contributed by atoms with Gasteiger partial charge >= 0.3 is 0 Å². The maximum absolute atomic E-state index is 12.6. The highest BCUT2D eigenvalue weighted by molar-refractivity contribution is 8.00. The van der Waals surface area contributed by atoms with Crippen LogP contribution < -0.4 is 5.32 Å².